The molecule has 1 fully saturated rings. The summed E-state index contributed by atoms with van der Waals surface area (Å²) in [5, 5.41) is 3.15. The van der Waals surface area contributed by atoms with Crippen LogP contribution in [0.3, 0.4) is 0 Å². The molecule has 1 amide bonds. The number of carbonyl (C=O) groups is 1. The van der Waals surface area contributed by atoms with Crippen LogP contribution in [0.5, 0.6) is 0 Å². The van der Waals surface area contributed by atoms with Crippen molar-refractivity contribution in [3.05, 3.63) is 70.8 Å². The SMILES string of the molecule is Cc1ccc(C(=O)NC[C@@H](c2ccc(C)cc2)N2CCN(C)CC2)cc1. The molecule has 0 aromatic heterocycles. The Morgan fingerprint density at radius 2 is 1.46 bits per heavy atom. The van der Waals surface area contributed by atoms with Crippen molar-refractivity contribution in [2.24, 2.45) is 0 Å². The third-order valence-electron chi connectivity index (χ3n) is 5.21. The number of benzene rings is 2. The molecular formula is C22H29N3O. The van der Waals surface area contributed by atoms with Gasteiger partial charge in [0.1, 0.15) is 0 Å². The quantitative estimate of drug-likeness (QED) is 0.899. The fourth-order valence-corrected chi connectivity index (χ4v) is 3.38. The highest BCUT2D eigenvalue weighted by atomic mass is 16.1. The molecule has 1 saturated heterocycles. The molecule has 4 nitrogen and oxygen atoms in total. The van der Waals surface area contributed by atoms with Crippen molar-refractivity contribution in [1.82, 2.24) is 15.1 Å². The molecule has 138 valence electrons. The molecule has 1 N–H and O–H groups in total. The highest BCUT2D eigenvalue weighted by molar-refractivity contribution is 5.94. The number of aryl methyl sites for hydroxylation is 2. The summed E-state index contributed by atoms with van der Waals surface area (Å²) in [6.07, 6.45) is 0. The molecule has 2 aromatic rings. The lowest BCUT2D eigenvalue weighted by atomic mass is 10.0. The first-order chi connectivity index (χ1) is 12.5. The Labute approximate surface area is 156 Å². The molecule has 2 aromatic carbocycles. The number of piperazine rings is 1. The Balaban J connectivity index is 1.71. The van der Waals surface area contributed by atoms with Crippen LogP contribution >= 0.6 is 0 Å². The normalized spacial score (nSPS) is 17.0. The van der Waals surface area contributed by atoms with Crippen molar-refractivity contribution in [1.29, 1.82) is 0 Å². The maximum atomic E-state index is 12.5. The van der Waals surface area contributed by atoms with Crippen LogP contribution < -0.4 is 5.32 Å². The Morgan fingerprint density at radius 1 is 0.923 bits per heavy atom. The summed E-state index contributed by atoms with van der Waals surface area (Å²) in [5.74, 6) is -0.00348. The maximum Gasteiger partial charge on any atom is 0.251 e. The lowest BCUT2D eigenvalue weighted by molar-refractivity contribution is 0.0886. The zero-order chi connectivity index (χ0) is 18.5. The van der Waals surface area contributed by atoms with Crippen molar-refractivity contribution in [2.75, 3.05) is 39.8 Å². The van der Waals surface area contributed by atoms with Gasteiger partial charge in [0.2, 0.25) is 0 Å². The Morgan fingerprint density at radius 3 is 2.04 bits per heavy atom. The minimum absolute atomic E-state index is 0.00348. The van der Waals surface area contributed by atoms with Crippen LogP contribution in [0.2, 0.25) is 0 Å². The van der Waals surface area contributed by atoms with Crippen molar-refractivity contribution < 1.29 is 4.79 Å². The van der Waals surface area contributed by atoms with Gasteiger partial charge in [-0.1, -0.05) is 47.5 Å². The van der Waals surface area contributed by atoms with E-state index in [0.717, 1.165) is 37.3 Å². The van der Waals surface area contributed by atoms with E-state index in [0.29, 0.717) is 6.54 Å². The van der Waals surface area contributed by atoms with Gasteiger partial charge in [-0.2, -0.15) is 0 Å². The van der Waals surface area contributed by atoms with Gasteiger partial charge in [0, 0.05) is 38.3 Å². The first-order valence-corrected chi connectivity index (χ1v) is 9.37. The number of amides is 1. The van der Waals surface area contributed by atoms with E-state index in [1.54, 1.807) is 0 Å². The van der Waals surface area contributed by atoms with Gasteiger partial charge in [0.05, 0.1) is 6.04 Å². The zero-order valence-electron chi connectivity index (χ0n) is 16.0. The average molecular weight is 351 g/mol. The van der Waals surface area contributed by atoms with E-state index in [2.05, 4.69) is 53.4 Å². The van der Waals surface area contributed by atoms with Gasteiger partial charge in [-0.3, -0.25) is 9.69 Å². The van der Waals surface area contributed by atoms with Gasteiger partial charge in [-0.15, -0.1) is 0 Å². The molecule has 26 heavy (non-hydrogen) atoms. The Kier molecular flexibility index (Phi) is 6.07. The predicted molar refractivity (Wildman–Crippen MR) is 107 cm³/mol. The van der Waals surface area contributed by atoms with E-state index in [-0.39, 0.29) is 11.9 Å². The summed E-state index contributed by atoms with van der Waals surface area (Å²) in [6, 6.07) is 16.6. The fourth-order valence-electron chi connectivity index (χ4n) is 3.38. The van der Waals surface area contributed by atoms with Crippen LogP contribution in [0.4, 0.5) is 0 Å². The molecule has 0 unspecified atom stereocenters. The van der Waals surface area contributed by atoms with Gasteiger partial charge in [-0.25, -0.2) is 0 Å². The molecule has 0 saturated carbocycles. The zero-order valence-corrected chi connectivity index (χ0v) is 16.0. The number of hydrogen-bond acceptors (Lipinski definition) is 3. The Bertz CT molecular complexity index is 716. The van der Waals surface area contributed by atoms with Gasteiger partial charge in [-0.05, 0) is 38.6 Å². The maximum absolute atomic E-state index is 12.5. The summed E-state index contributed by atoms with van der Waals surface area (Å²) in [6.45, 7) is 8.93. The summed E-state index contributed by atoms with van der Waals surface area (Å²) < 4.78 is 0. The third-order valence-corrected chi connectivity index (χ3v) is 5.21. The molecule has 0 spiro atoms. The van der Waals surface area contributed by atoms with Crippen LogP contribution in [0.15, 0.2) is 48.5 Å². The molecule has 4 heteroatoms. The number of hydrogen-bond donors (Lipinski definition) is 1. The van der Waals surface area contributed by atoms with Gasteiger partial charge < -0.3 is 10.2 Å². The molecule has 0 radical (unpaired) electrons. The molecule has 0 bridgehead atoms. The van der Waals surface area contributed by atoms with E-state index < -0.39 is 0 Å². The number of likely N-dealkylation sites (N-methyl/N-ethyl adjacent to an activating group) is 1. The Hall–Kier alpha value is -2.17. The first-order valence-electron chi connectivity index (χ1n) is 9.37. The van der Waals surface area contributed by atoms with E-state index in [1.807, 2.05) is 31.2 Å². The standard InChI is InChI=1S/C22H29N3O/c1-17-4-8-19(9-5-17)21(25-14-12-24(3)13-15-25)16-23-22(26)20-10-6-18(2)7-11-20/h4-11,21H,12-16H2,1-3H3,(H,23,26)/t21-/m0/s1. The lowest BCUT2D eigenvalue weighted by Crippen LogP contribution is -2.48. The van der Waals surface area contributed by atoms with Crippen LogP contribution in [0.25, 0.3) is 0 Å². The largest absolute Gasteiger partial charge is 0.350 e. The molecule has 3 rings (SSSR count). The van der Waals surface area contributed by atoms with E-state index in [1.165, 1.54) is 11.1 Å². The van der Waals surface area contributed by atoms with E-state index in [4.69, 9.17) is 0 Å². The highest BCUT2D eigenvalue weighted by Gasteiger charge is 2.24. The molecule has 1 aliphatic rings. The third kappa shape index (κ3) is 4.71. The smallest absolute Gasteiger partial charge is 0.251 e. The molecule has 1 heterocycles. The second-order valence-electron chi connectivity index (χ2n) is 7.34. The predicted octanol–water partition coefficient (Wildman–Crippen LogP) is 3.02. The summed E-state index contributed by atoms with van der Waals surface area (Å²) in [4.78, 5) is 17.4. The number of nitrogens with one attached hydrogen (secondary N) is 1. The van der Waals surface area contributed by atoms with E-state index >= 15 is 0 Å². The molecule has 1 atom stereocenters. The number of rotatable bonds is 5. The topological polar surface area (TPSA) is 35.6 Å². The monoisotopic (exact) mass is 351 g/mol. The van der Waals surface area contributed by atoms with Crippen LogP contribution in [0, 0.1) is 13.8 Å². The van der Waals surface area contributed by atoms with Gasteiger partial charge >= 0.3 is 0 Å². The molecule has 0 aliphatic carbocycles. The minimum atomic E-state index is -0.00348. The molecule has 1 aliphatic heterocycles. The average Bonchev–Trinajstić information content (AvgIpc) is 2.65. The second kappa shape index (κ2) is 8.47. The second-order valence-corrected chi connectivity index (χ2v) is 7.34. The highest BCUT2D eigenvalue weighted by Crippen LogP contribution is 2.22. The summed E-state index contributed by atoms with van der Waals surface area (Å²) in [7, 11) is 2.16. The van der Waals surface area contributed by atoms with Crippen molar-refractivity contribution >= 4 is 5.91 Å². The summed E-state index contributed by atoms with van der Waals surface area (Å²) >= 11 is 0. The minimum Gasteiger partial charge on any atom is -0.350 e. The number of carbonyl (C=O) groups excluding carboxylic acids is 1. The molecular weight excluding hydrogens is 322 g/mol. The number of nitrogens with zero attached hydrogens (tertiary/aromatic N) is 2. The van der Waals surface area contributed by atoms with Gasteiger partial charge in [0.25, 0.3) is 5.91 Å². The summed E-state index contributed by atoms with van der Waals surface area (Å²) in [5.41, 5.74) is 4.41. The van der Waals surface area contributed by atoms with Crippen molar-refractivity contribution in [2.45, 2.75) is 19.9 Å². The lowest BCUT2D eigenvalue weighted by Gasteiger charge is -2.38. The van der Waals surface area contributed by atoms with Crippen LogP contribution in [0.1, 0.15) is 33.1 Å². The first kappa shape index (κ1) is 18.6. The van der Waals surface area contributed by atoms with Crippen molar-refractivity contribution in [3.63, 3.8) is 0 Å². The van der Waals surface area contributed by atoms with Gasteiger partial charge in [0.15, 0.2) is 0 Å². The van der Waals surface area contributed by atoms with Crippen LogP contribution in [-0.4, -0.2) is 55.5 Å². The van der Waals surface area contributed by atoms with Crippen molar-refractivity contribution in [3.8, 4) is 0 Å². The fraction of sp³-hybridized carbons (Fsp3) is 0.409. The van der Waals surface area contributed by atoms with Crippen LogP contribution in [-0.2, 0) is 0 Å². The van der Waals surface area contributed by atoms with E-state index in [9.17, 15) is 4.79 Å².